The van der Waals surface area contributed by atoms with Gasteiger partial charge in [-0.1, -0.05) is 0 Å². The Kier molecular flexibility index (Phi) is 6.34. The standard InChI is InChI=1S/C7H16N2O2.ClH/c1-7(2,3)11-4-5(8)6(9)10;/h5H,4,8H2,1-3H3,(H2,9,10);1H/t5-;/m1./s1. The molecule has 74 valence electrons. The summed E-state index contributed by atoms with van der Waals surface area (Å²) in [6, 6.07) is -0.700. The van der Waals surface area contributed by atoms with Gasteiger partial charge in [0.2, 0.25) is 5.91 Å². The largest absolute Gasteiger partial charge is 0.374 e. The zero-order valence-corrected chi connectivity index (χ0v) is 8.48. The third kappa shape index (κ3) is 7.78. The van der Waals surface area contributed by atoms with E-state index in [4.69, 9.17) is 16.2 Å². The number of primary amides is 1. The van der Waals surface area contributed by atoms with E-state index in [2.05, 4.69) is 0 Å². The van der Waals surface area contributed by atoms with Crippen LogP contribution in [-0.4, -0.2) is 24.2 Å². The van der Waals surface area contributed by atoms with Crippen LogP contribution in [0.15, 0.2) is 0 Å². The van der Waals surface area contributed by atoms with E-state index in [1.54, 1.807) is 0 Å². The molecule has 1 amide bonds. The minimum absolute atomic E-state index is 0. The van der Waals surface area contributed by atoms with Gasteiger partial charge in [0.25, 0.3) is 0 Å². The number of carbonyl (C=O) groups is 1. The summed E-state index contributed by atoms with van der Waals surface area (Å²) in [6.45, 7) is 5.85. The average molecular weight is 197 g/mol. The second kappa shape index (κ2) is 5.35. The maximum absolute atomic E-state index is 10.4. The van der Waals surface area contributed by atoms with Gasteiger partial charge in [-0.2, -0.15) is 0 Å². The van der Waals surface area contributed by atoms with Crippen LogP contribution in [0.1, 0.15) is 20.8 Å². The first-order valence-corrected chi connectivity index (χ1v) is 3.52. The summed E-state index contributed by atoms with van der Waals surface area (Å²) in [7, 11) is 0. The highest BCUT2D eigenvalue weighted by atomic mass is 35.5. The number of carbonyl (C=O) groups excluding carboxylic acids is 1. The molecule has 4 N–H and O–H groups in total. The fourth-order valence-electron chi connectivity index (χ4n) is 0.422. The van der Waals surface area contributed by atoms with Crippen LogP contribution in [0, 0.1) is 0 Å². The van der Waals surface area contributed by atoms with E-state index in [1.807, 2.05) is 20.8 Å². The highest BCUT2D eigenvalue weighted by Crippen LogP contribution is 2.06. The first-order chi connectivity index (χ1) is 4.83. The Hall–Kier alpha value is -0.320. The molecule has 0 bridgehead atoms. The van der Waals surface area contributed by atoms with Crippen molar-refractivity contribution in [2.45, 2.75) is 32.4 Å². The molecule has 0 heterocycles. The van der Waals surface area contributed by atoms with Gasteiger partial charge < -0.3 is 16.2 Å². The summed E-state index contributed by atoms with van der Waals surface area (Å²) in [5.41, 5.74) is 9.97. The van der Waals surface area contributed by atoms with E-state index in [9.17, 15) is 4.79 Å². The highest BCUT2D eigenvalue weighted by molar-refractivity contribution is 5.85. The Balaban J connectivity index is 0. The summed E-state index contributed by atoms with van der Waals surface area (Å²) < 4.78 is 5.23. The van der Waals surface area contributed by atoms with Crippen molar-refractivity contribution in [3.8, 4) is 0 Å². The van der Waals surface area contributed by atoms with Gasteiger partial charge in [-0.3, -0.25) is 4.79 Å². The Morgan fingerprint density at radius 2 is 1.92 bits per heavy atom. The SMILES string of the molecule is CC(C)(C)OC[C@@H](N)C(N)=O.Cl. The Morgan fingerprint density at radius 1 is 1.50 bits per heavy atom. The van der Waals surface area contributed by atoms with Gasteiger partial charge in [0.05, 0.1) is 12.2 Å². The lowest BCUT2D eigenvalue weighted by atomic mass is 10.2. The van der Waals surface area contributed by atoms with Gasteiger partial charge in [0, 0.05) is 0 Å². The number of nitrogens with two attached hydrogens (primary N) is 2. The maximum atomic E-state index is 10.4. The monoisotopic (exact) mass is 196 g/mol. The van der Waals surface area contributed by atoms with E-state index in [0.29, 0.717) is 0 Å². The topological polar surface area (TPSA) is 78.3 Å². The Labute approximate surface area is 79.0 Å². The van der Waals surface area contributed by atoms with Gasteiger partial charge >= 0.3 is 0 Å². The molecule has 0 saturated heterocycles. The second-order valence-electron chi connectivity index (χ2n) is 3.43. The summed E-state index contributed by atoms with van der Waals surface area (Å²) in [4.78, 5) is 10.4. The first kappa shape index (κ1) is 14.2. The third-order valence-corrected chi connectivity index (χ3v) is 1.06. The number of hydrogen-bond acceptors (Lipinski definition) is 3. The van der Waals surface area contributed by atoms with Gasteiger partial charge in [-0.25, -0.2) is 0 Å². The van der Waals surface area contributed by atoms with Crippen molar-refractivity contribution in [1.29, 1.82) is 0 Å². The normalized spacial score (nSPS) is 13.3. The zero-order valence-electron chi connectivity index (χ0n) is 7.66. The van der Waals surface area contributed by atoms with E-state index < -0.39 is 11.9 Å². The van der Waals surface area contributed by atoms with Gasteiger partial charge in [0.1, 0.15) is 6.04 Å². The molecule has 0 aliphatic heterocycles. The molecule has 0 saturated carbocycles. The molecular weight excluding hydrogens is 180 g/mol. The summed E-state index contributed by atoms with van der Waals surface area (Å²) in [6.07, 6.45) is 0. The number of hydrogen-bond donors (Lipinski definition) is 2. The Morgan fingerprint density at radius 3 is 2.17 bits per heavy atom. The van der Waals surface area contributed by atoms with Crippen LogP contribution in [0.5, 0.6) is 0 Å². The van der Waals surface area contributed by atoms with Gasteiger partial charge in [-0.15, -0.1) is 12.4 Å². The fourth-order valence-corrected chi connectivity index (χ4v) is 0.422. The highest BCUT2D eigenvalue weighted by Gasteiger charge is 2.15. The average Bonchev–Trinajstić information content (AvgIpc) is 1.80. The summed E-state index contributed by atoms with van der Waals surface area (Å²) in [5.74, 6) is -0.533. The molecule has 0 aromatic rings. The number of amides is 1. The molecule has 0 aromatic carbocycles. The van der Waals surface area contributed by atoms with Crippen molar-refractivity contribution in [1.82, 2.24) is 0 Å². The van der Waals surface area contributed by atoms with Crippen LogP contribution in [-0.2, 0) is 9.53 Å². The molecule has 0 rings (SSSR count). The lowest BCUT2D eigenvalue weighted by molar-refractivity contribution is -0.121. The quantitative estimate of drug-likeness (QED) is 0.669. The molecule has 0 fully saturated rings. The van der Waals surface area contributed by atoms with E-state index in [-0.39, 0.29) is 24.6 Å². The summed E-state index contributed by atoms with van der Waals surface area (Å²) in [5, 5.41) is 0. The lowest BCUT2D eigenvalue weighted by Gasteiger charge is -2.20. The molecule has 0 aromatic heterocycles. The van der Waals surface area contributed by atoms with Gasteiger partial charge in [0.15, 0.2) is 0 Å². The van der Waals surface area contributed by atoms with Crippen molar-refractivity contribution in [3.63, 3.8) is 0 Å². The lowest BCUT2D eigenvalue weighted by Crippen LogP contribution is -2.42. The number of ether oxygens (including phenoxy) is 1. The van der Waals surface area contributed by atoms with Crippen molar-refractivity contribution < 1.29 is 9.53 Å². The summed E-state index contributed by atoms with van der Waals surface area (Å²) >= 11 is 0. The molecule has 0 unspecified atom stereocenters. The van der Waals surface area contributed by atoms with E-state index >= 15 is 0 Å². The zero-order chi connectivity index (χ0) is 9.07. The predicted molar refractivity (Wildman–Crippen MR) is 50.1 cm³/mol. The molecule has 12 heavy (non-hydrogen) atoms. The minimum Gasteiger partial charge on any atom is -0.374 e. The third-order valence-electron chi connectivity index (χ3n) is 1.06. The van der Waals surface area contributed by atoms with Crippen LogP contribution in [0.2, 0.25) is 0 Å². The van der Waals surface area contributed by atoms with Crippen LogP contribution >= 0.6 is 12.4 Å². The van der Waals surface area contributed by atoms with Crippen molar-refractivity contribution in [2.75, 3.05) is 6.61 Å². The van der Waals surface area contributed by atoms with E-state index in [0.717, 1.165) is 0 Å². The molecular formula is C7H17ClN2O2. The van der Waals surface area contributed by atoms with Gasteiger partial charge in [-0.05, 0) is 20.8 Å². The van der Waals surface area contributed by atoms with Crippen LogP contribution in [0.25, 0.3) is 0 Å². The first-order valence-electron chi connectivity index (χ1n) is 3.52. The molecule has 0 aliphatic rings. The minimum atomic E-state index is -0.700. The predicted octanol–water partition coefficient (Wildman–Crippen LogP) is 0.0359. The molecule has 0 aliphatic carbocycles. The molecule has 5 heteroatoms. The molecule has 4 nitrogen and oxygen atoms in total. The van der Waals surface area contributed by atoms with Crippen LogP contribution in [0.3, 0.4) is 0 Å². The van der Waals surface area contributed by atoms with Crippen molar-refractivity contribution in [3.05, 3.63) is 0 Å². The van der Waals surface area contributed by atoms with Crippen molar-refractivity contribution >= 4 is 18.3 Å². The molecule has 0 radical (unpaired) electrons. The number of rotatable bonds is 3. The van der Waals surface area contributed by atoms with Crippen LogP contribution in [0.4, 0.5) is 0 Å². The smallest absolute Gasteiger partial charge is 0.236 e. The molecule has 0 spiro atoms. The Bertz CT molecular complexity index is 145. The second-order valence-corrected chi connectivity index (χ2v) is 3.43. The van der Waals surface area contributed by atoms with E-state index in [1.165, 1.54) is 0 Å². The molecule has 1 atom stereocenters. The van der Waals surface area contributed by atoms with Crippen molar-refractivity contribution in [2.24, 2.45) is 11.5 Å². The number of halogens is 1. The fraction of sp³-hybridized carbons (Fsp3) is 0.857. The maximum Gasteiger partial charge on any atom is 0.236 e. The van der Waals surface area contributed by atoms with Crippen LogP contribution < -0.4 is 11.5 Å².